The third-order valence-corrected chi connectivity index (χ3v) is 4.92. The Labute approximate surface area is 106 Å². The summed E-state index contributed by atoms with van der Waals surface area (Å²) < 4.78 is 11.1. The quantitative estimate of drug-likeness (QED) is 0.746. The lowest BCUT2D eigenvalue weighted by molar-refractivity contribution is -0.122. The van der Waals surface area contributed by atoms with Crippen molar-refractivity contribution < 1.29 is 9.00 Å². The predicted octanol–water partition coefficient (Wildman–Crippen LogP) is 0.921. The van der Waals surface area contributed by atoms with Gasteiger partial charge in [0.1, 0.15) is 0 Å². The van der Waals surface area contributed by atoms with Crippen molar-refractivity contribution in [1.29, 1.82) is 0 Å². The van der Waals surface area contributed by atoms with E-state index in [1.807, 2.05) is 6.92 Å². The fourth-order valence-corrected chi connectivity index (χ4v) is 2.67. The average Bonchev–Trinajstić information content (AvgIpc) is 2.64. The van der Waals surface area contributed by atoms with Crippen LogP contribution >= 0.6 is 0 Å². The van der Waals surface area contributed by atoms with Crippen LogP contribution in [0.1, 0.15) is 45.4 Å². The van der Waals surface area contributed by atoms with Crippen LogP contribution in [0.15, 0.2) is 0 Å². The van der Waals surface area contributed by atoms with Crippen LogP contribution < -0.4 is 11.1 Å². The van der Waals surface area contributed by atoms with Gasteiger partial charge in [0.2, 0.25) is 5.91 Å². The first kappa shape index (κ1) is 14.6. The Balaban J connectivity index is 2.19. The molecule has 0 heterocycles. The van der Waals surface area contributed by atoms with Gasteiger partial charge >= 0.3 is 0 Å². The van der Waals surface area contributed by atoms with Gasteiger partial charge in [-0.3, -0.25) is 9.00 Å². The number of amides is 1. The van der Waals surface area contributed by atoms with E-state index in [0.717, 1.165) is 32.1 Å². The Morgan fingerprint density at radius 2 is 2.06 bits per heavy atom. The van der Waals surface area contributed by atoms with Gasteiger partial charge in [0.15, 0.2) is 0 Å². The fourth-order valence-electron chi connectivity index (χ4n) is 2.22. The molecule has 0 aliphatic heterocycles. The largest absolute Gasteiger partial charge is 0.356 e. The van der Waals surface area contributed by atoms with Crippen LogP contribution in [0.25, 0.3) is 0 Å². The van der Waals surface area contributed by atoms with Crippen molar-refractivity contribution in [3.63, 3.8) is 0 Å². The third-order valence-electron chi connectivity index (χ3n) is 3.55. The smallest absolute Gasteiger partial charge is 0.221 e. The van der Waals surface area contributed by atoms with Crippen molar-refractivity contribution in [2.75, 3.05) is 12.8 Å². The molecule has 2 atom stereocenters. The van der Waals surface area contributed by atoms with E-state index in [-0.39, 0.29) is 16.7 Å². The molecule has 1 fully saturated rings. The van der Waals surface area contributed by atoms with Gasteiger partial charge < -0.3 is 11.1 Å². The molecule has 0 aromatic carbocycles. The first-order valence-electron chi connectivity index (χ1n) is 6.31. The van der Waals surface area contributed by atoms with Crippen LogP contribution in [-0.4, -0.2) is 33.7 Å². The van der Waals surface area contributed by atoms with E-state index in [4.69, 9.17) is 5.73 Å². The van der Waals surface area contributed by atoms with Crippen molar-refractivity contribution in [1.82, 2.24) is 5.32 Å². The molecule has 2 unspecified atom stereocenters. The maximum atomic E-state index is 11.7. The number of hydrogen-bond donors (Lipinski definition) is 2. The first-order chi connectivity index (χ1) is 7.93. The molecule has 0 saturated heterocycles. The van der Waals surface area contributed by atoms with Crippen LogP contribution in [0.3, 0.4) is 0 Å². The molecule has 0 bridgehead atoms. The zero-order valence-corrected chi connectivity index (χ0v) is 11.6. The van der Waals surface area contributed by atoms with E-state index in [9.17, 15) is 9.00 Å². The highest BCUT2D eigenvalue weighted by Crippen LogP contribution is 2.29. The Morgan fingerprint density at radius 3 is 2.59 bits per heavy atom. The Hall–Kier alpha value is -0.420. The van der Waals surface area contributed by atoms with E-state index in [0.29, 0.717) is 13.0 Å². The topological polar surface area (TPSA) is 72.2 Å². The van der Waals surface area contributed by atoms with Crippen molar-refractivity contribution >= 4 is 16.7 Å². The molecular weight excluding hydrogens is 236 g/mol. The van der Waals surface area contributed by atoms with E-state index in [1.165, 1.54) is 0 Å². The monoisotopic (exact) mass is 260 g/mol. The number of nitrogens with two attached hydrogens (primary N) is 1. The molecule has 1 aliphatic rings. The summed E-state index contributed by atoms with van der Waals surface area (Å²) in [5, 5.41) is 3.00. The van der Waals surface area contributed by atoms with Crippen molar-refractivity contribution in [3.05, 3.63) is 0 Å². The predicted molar refractivity (Wildman–Crippen MR) is 71.2 cm³/mol. The number of carbonyl (C=O) groups is 1. The average molecular weight is 260 g/mol. The minimum atomic E-state index is -0.813. The van der Waals surface area contributed by atoms with Crippen molar-refractivity contribution in [3.8, 4) is 0 Å². The van der Waals surface area contributed by atoms with E-state index < -0.39 is 10.8 Å². The Kier molecular flexibility index (Phi) is 5.59. The second-order valence-electron chi connectivity index (χ2n) is 5.19. The molecule has 0 aromatic heterocycles. The molecule has 1 rings (SSSR count). The lowest BCUT2D eigenvalue weighted by atomic mass is 9.94. The SMILES string of the molecule is CC(CCNC(=O)CC1(N)CCCC1)S(C)=O. The molecule has 1 aliphatic carbocycles. The molecular formula is C12H24N2O2S. The van der Waals surface area contributed by atoms with Gasteiger partial charge in [0.25, 0.3) is 0 Å². The number of carbonyl (C=O) groups excluding carboxylic acids is 1. The van der Waals surface area contributed by atoms with E-state index >= 15 is 0 Å². The number of hydrogen-bond acceptors (Lipinski definition) is 3. The molecule has 0 radical (unpaired) electrons. The standard InChI is InChI=1S/C12H24N2O2S/c1-10(17(2)16)5-8-14-11(15)9-12(13)6-3-4-7-12/h10H,3-9,13H2,1-2H3,(H,14,15). The Bertz CT molecular complexity index is 288. The van der Waals surface area contributed by atoms with Gasteiger partial charge in [-0.15, -0.1) is 0 Å². The summed E-state index contributed by atoms with van der Waals surface area (Å²) in [6, 6.07) is 0. The van der Waals surface area contributed by atoms with Gasteiger partial charge in [-0.25, -0.2) is 0 Å². The molecule has 1 saturated carbocycles. The number of nitrogens with one attached hydrogen (secondary N) is 1. The second-order valence-corrected chi connectivity index (χ2v) is 7.00. The highest BCUT2D eigenvalue weighted by atomic mass is 32.2. The minimum Gasteiger partial charge on any atom is -0.356 e. The van der Waals surface area contributed by atoms with Crippen molar-refractivity contribution in [2.24, 2.45) is 5.73 Å². The maximum absolute atomic E-state index is 11.7. The summed E-state index contributed by atoms with van der Waals surface area (Å²) in [4.78, 5) is 11.7. The van der Waals surface area contributed by atoms with Crippen LogP contribution in [0.5, 0.6) is 0 Å². The maximum Gasteiger partial charge on any atom is 0.221 e. The molecule has 1 amide bonds. The summed E-state index contributed by atoms with van der Waals surface area (Å²) in [7, 11) is -0.813. The van der Waals surface area contributed by atoms with Crippen molar-refractivity contribution in [2.45, 2.75) is 56.2 Å². The van der Waals surface area contributed by atoms with Crippen LogP contribution in [0.4, 0.5) is 0 Å². The molecule has 0 aromatic rings. The summed E-state index contributed by atoms with van der Waals surface area (Å²) in [6.07, 6.45) is 7.06. The summed E-state index contributed by atoms with van der Waals surface area (Å²) >= 11 is 0. The lowest BCUT2D eigenvalue weighted by Crippen LogP contribution is -2.42. The van der Waals surface area contributed by atoms with Gasteiger partial charge in [-0.1, -0.05) is 19.8 Å². The van der Waals surface area contributed by atoms with Crippen LogP contribution in [0.2, 0.25) is 0 Å². The van der Waals surface area contributed by atoms with Gasteiger partial charge in [0, 0.05) is 40.8 Å². The zero-order valence-electron chi connectivity index (χ0n) is 10.8. The molecule has 0 spiro atoms. The Morgan fingerprint density at radius 1 is 1.47 bits per heavy atom. The summed E-state index contributed by atoms with van der Waals surface area (Å²) in [5.74, 6) is 0.0310. The van der Waals surface area contributed by atoms with E-state index in [2.05, 4.69) is 5.32 Å². The molecule has 4 nitrogen and oxygen atoms in total. The van der Waals surface area contributed by atoms with E-state index in [1.54, 1.807) is 6.26 Å². The minimum absolute atomic E-state index is 0.0310. The third kappa shape index (κ3) is 5.17. The van der Waals surface area contributed by atoms with Gasteiger partial charge in [0.05, 0.1) is 0 Å². The lowest BCUT2D eigenvalue weighted by Gasteiger charge is -2.22. The summed E-state index contributed by atoms with van der Waals surface area (Å²) in [6.45, 7) is 2.53. The number of rotatable bonds is 6. The zero-order chi connectivity index (χ0) is 12.9. The van der Waals surface area contributed by atoms with Gasteiger partial charge in [-0.2, -0.15) is 0 Å². The van der Waals surface area contributed by atoms with Crippen LogP contribution in [0, 0.1) is 0 Å². The highest BCUT2D eigenvalue weighted by molar-refractivity contribution is 7.84. The second kappa shape index (κ2) is 6.50. The van der Waals surface area contributed by atoms with Gasteiger partial charge in [-0.05, 0) is 19.3 Å². The van der Waals surface area contributed by atoms with Crippen LogP contribution in [-0.2, 0) is 15.6 Å². The first-order valence-corrected chi connectivity index (χ1v) is 7.93. The summed E-state index contributed by atoms with van der Waals surface area (Å²) in [5.41, 5.74) is 5.86. The molecule has 3 N–H and O–H groups in total. The molecule has 5 heteroatoms. The fraction of sp³-hybridized carbons (Fsp3) is 0.917. The normalized spacial score (nSPS) is 22.1. The molecule has 17 heavy (non-hydrogen) atoms. The highest BCUT2D eigenvalue weighted by Gasteiger charge is 2.31. The molecule has 100 valence electrons.